The third-order valence-electron chi connectivity index (χ3n) is 2.84. The molecule has 0 saturated heterocycles. The maximum atomic E-state index is 11.9. The predicted octanol–water partition coefficient (Wildman–Crippen LogP) is 1.61. The summed E-state index contributed by atoms with van der Waals surface area (Å²) in [5.41, 5.74) is 2.17. The largest absolute Gasteiger partial charge is 0.480 e. The first kappa shape index (κ1) is 13.0. The van der Waals surface area contributed by atoms with Gasteiger partial charge in [-0.05, 0) is 13.8 Å². The van der Waals surface area contributed by atoms with E-state index in [1.165, 1.54) is 6.07 Å². The topological polar surface area (TPSA) is 72.2 Å². The number of carboxylic acids is 1. The molecule has 0 bridgehead atoms. The molecule has 19 heavy (non-hydrogen) atoms. The van der Waals surface area contributed by atoms with Gasteiger partial charge in [0.25, 0.3) is 5.56 Å². The number of benzene rings is 1. The average Bonchev–Trinajstić information content (AvgIpc) is 2.34. The van der Waals surface area contributed by atoms with Gasteiger partial charge in [-0.3, -0.25) is 14.2 Å². The summed E-state index contributed by atoms with van der Waals surface area (Å²) in [6.07, 6.45) is 0. The van der Waals surface area contributed by atoms with Crippen LogP contribution in [0.1, 0.15) is 11.4 Å². The fraction of sp³-hybridized carbons (Fsp3) is 0.214. The van der Waals surface area contributed by atoms with E-state index in [1.807, 2.05) is 31.2 Å². The Balaban J connectivity index is 2.48. The van der Waals surface area contributed by atoms with Gasteiger partial charge in [0.1, 0.15) is 12.4 Å². The van der Waals surface area contributed by atoms with Crippen molar-refractivity contribution in [3.63, 3.8) is 0 Å². The molecular weight excluding hydrogens is 244 g/mol. The molecule has 0 unspecified atom stereocenters. The normalized spacial score (nSPS) is 10.4. The van der Waals surface area contributed by atoms with Gasteiger partial charge in [0.2, 0.25) is 0 Å². The van der Waals surface area contributed by atoms with E-state index in [2.05, 4.69) is 4.98 Å². The summed E-state index contributed by atoms with van der Waals surface area (Å²) in [7, 11) is 0. The van der Waals surface area contributed by atoms with Gasteiger partial charge in [0, 0.05) is 11.6 Å². The number of carbonyl (C=O) groups is 1. The Labute approximate surface area is 110 Å². The third-order valence-corrected chi connectivity index (χ3v) is 2.84. The Morgan fingerprint density at radius 1 is 1.26 bits per heavy atom. The molecule has 0 spiro atoms. The van der Waals surface area contributed by atoms with Crippen LogP contribution in [-0.4, -0.2) is 20.6 Å². The fourth-order valence-electron chi connectivity index (χ4n) is 1.82. The number of nitrogens with zero attached hydrogens (tertiary/aromatic N) is 2. The Kier molecular flexibility index (Phi) is 3.46. The maximum absolute atomic E-state index is 11.9. The van der Waals surface area contributed by atoms with Crippen LogP contribution in [-0.2, 0) is 11.3 Å². The first-order valence-electron chi connectivity index (χ1n) is 5.84. The number of aryl methyl sites for hydroxylation is 2. The molecule has 0 fully saturated rings. The summed E-state index contributed by atoms with van der Waals surface area (Å²) in [6, 6.07) is 9.01. The number of hydrogen-bond donors (Lipinski definition) is 1. The summed E-state index contributed by atoms with van der Waals surface area (Å²) in [5, 5.41) is 8.75. The van der Waals surface area contributed by atoms with E-state index in [0.29, 0.717) is 11.5 Å². The minimum atomic E-state index is -1.06. The second-order valence-electron chi connectivity index (χ2n) is 4.37. The van der Waals surface area contributed by atoms with Gasteiger partial charge in [-0.2, -0.15) is 0 Å². The van der Waals surface area contributed by atoms with Crippen molar-refractivity contribution < 1.29 is 9.90 Å². The standard InChI is InChI=1S/C14H14N2O3/c1-9-3-5-11(6-4-9)12-7-13(17)16(8-14(18)19)10(2)15-12/h3-7H,8H2,1-2H3,(H,18,19). The molecule has 1 aromatic heterocycles. The van der Waals surface area contributed by atoms with Crippen LogP contribution in [0.4, 0.5) is 0 Å². The van der Waals surface area contributed by atoms with Crippen molar-refractivity contribution in [2.75, 3.05) is 0 Å². The van der Waals surface area contributed by atoms with Crippen molar-refractivity contribution in [3.05, 3.63) is 52.1 Å². The Morgan fingerprint density at radius 3 is 2.42 bits per heavy atom. The predicted molar refractivity (Wildman–Crippen MR) is 71.0 cm³/mol. The van der Waals surface area contributed by atoms with Gasteiger partial charge in [0.15, 0.2) is 0 Å². The molecule has 0 aliphatic rings. The lowest BCUT2D eigenvalue weighted by molar-refractivity contribution is -0.137. The van der Waals surface area contributed by atoms with Crippen molar-refractivity contribution in [3.8, 4) is 11.3 Å². The Hall–Kier alpha value is -2.43. The Morgan fingerprint density at radius 2 is 1.89 bits per heavy atom. The number of aromatic nitrogens is 2. The SMILES string of the molecule is Cc1ccc(-c2cc(=O)n(CC(=O)O)c(C)n2)cc1. The molecular formula is C14H14N2O3. The van der Waals surface area contributed by atoms with E-state index < -0.39 is 5.97 Å². The highest BCUT2D eigenvalue weighted by atomic mass is 16.4. The molecule has 2 aromatic rings. The lowest BCUT2D eigenvalue weighted by Crippen LogP contribution is -2.26. The maximum Gasteiger partial charge on any atom is 0.323 e. The van der Waals surface area contributed by atoms with E-state index in [-0.39, 0.29) is 12.1 Å². The molecule has 0 atom stereocenters. The highest BCUT2D eigenvalue weighted by Gasteiger charge is 2.09. The van der Waals surface area contributed by atoms with Crippen LogP contribution >= 0.6 is 0 Å². The third kappa shape index (κ3) is 2.88. The molecule has 5 heteroatoms. The monoisotopic (exact) mass is 258 g/mol. The van der Waals surface area contributed by atoms with Crippen molar-refractivity contribution in [2.45, 2.75) is 20.4 Å². The minimum absolute atomic E-state index is 0.356. The van der Waals surface area contributed by atoms with Crippen LogP contribution < -0.4 is 5.56 Å². The lowest BCUT2D eigenvalue weighted by Gasteiger charge is -2.08. The van der Waals surface area contributed by atoms with Gasteiger partial charge in [0.05, 0.1) is 5.69 Å². The van der Waals surface area contributed by atoms with E-state index in [4.69, 9.17) is 5.11 Å². The van der Waals surface area contributed by atoms with E-state index in [9.17, 15) is 9.59 Å². The summed E-state index contributed by atoms with van der Waals surface area (Å²) < 4.78 is 1.14. The number of carboxylic acid groups (broad SMARTS) is 1. The summed E-state index contributed by atoms with van der Waals surface area (Å²) in [4.78, 5) is 26.9. The second-order valence-corrected chi connectivity index (χ2v) is 4.37. The molecule has 2 rings (SSSR count). The van der Waals surface area contributed by atoms with Crippen molar-refractivity contribution in [1.82, 2.24) is 9.55 Å². The quantitative estimate of drug-likeness (QED) is 0.907. The van der Waals surface area contributed by atoms with Crippen LogP contribution in [0.3, 0.4) is 0 Å². The van der Waals surface area contributed by atoms with Gasteiger partial charge < -0.3 is 5.11 Å². The van der Waals surface area contributed by atoms with Crippen molar-refractivity contribution in [1.29, 1.82) is 0 Å². The van der Waals surface area contributed by atoms with Gasteiger partial charge >= 0.3 is 5.97 Å². The number of aliphatic carboxylic acids is 1. The fourth-order valence-corrected chi connectivity index (χ4v) is 1.82. The molecule has 0 amide bonds. The Bertz CT molecular complexity index is 672. The van der Waals surface area contributed by atoms with E-state index in [0.717, 1.165) is 15.7 Å². The molecule has 1 heterocycles. The minimum Gasteiger partial charge on any atom is -0.480 e. The highest BCUT2D eigenvalue weighted by molar-refractivity contribution is 5.66. The zero-order valence-corrected chi connectivity index (χ0v) is 10.8. The summed E-state index contributed by atoms with van der Waals surface area (Å²) in [5.74, 6) is -0.666. The molecule has 1 aromatic carbocycles. The molecule has 0 radical (unpaired) electrons. The van der Waals surface area contributed by atoms with Crippen LogP contribution in [0, 0.1) is 13.8 Å². The smallest absolute Gasteiger partial charge is 0.323 e. The van der Waals surface area contributed by atoms with Crippen LogP contribution in [0.25, 0.3) is 11.3 Å². The highest BCUT2D eigenvalue weighted by Crippen LogP contribution is 2.16. The molecule has 98 valence electrons. The van der Waals surface area contributed by atoms with Crippen molar-refractivity contribution >= 4 is 5.97 Å². The zero-order valence-electron chi connectivity index (χ0n) is 10.8. The van der Waals surface area contributed by atoms with E-state index in [1.54, 1.807) is 6.92 Å². The summed E-state index contributed by atoms with van der Waals surface area (Å²) in [6.45, 7) is 3.24. The molecule has 5 nitrogen and oxygen atoms in total. The molecule has 0 aliphatic heterocycles. The first-order chi connectivity index (χ1) is 8.97. The van der Waals surface area contributed by atoms with Crippen LogP contribution in [0.2, 0.25) is 0 Å². The van der Waals surface area contributed by atoms with Crippen LogP contribution in [0.5, 0.6) is 0 Å². The molecule has 0 saturated carbocycles. The first-order valence-corrected chi connectivity index (χ1v) is 5.84. The van der Waals surface area contributed by atoms with Gasteiger partial charge in [-0.25, -0.2) is 4.98 Å². The van der Waals surface area contributed by atoms with Gasteiger partial charge in [-0.15, -0.1) is 0 Å². The zero-order chi connectivity index (χ0) is 14.0. The number of hydrogen-bond acceptors (Lipinski definition) is 3. The van der Waals surface area contributed by atoms with Crippen LogP contribution in [0.15, 0.2) is 35.1 Å². The second kappa shape index (κ2) is 5.06. The van der Waals surface area contributed by atoms with E-state index >= 15 is 0 Å². The lowest BCUT2D eigenvalue weighted by atomic mass is 10.1. The van der Waals surface area contributed by atoms with Gasteiger partial charge in [-0.1, -0.05) is 29.8 Å². The molecule has 1 N–H and O–H groups in total. The number of rotatable bonds is 3. The van der Waals surface area contributed by atoms with Crippen molar-refractivity contribution in [2.24, 2.45) is 0 Å². The summed E-state index contributed by atoms with van der Waals surface area (Å²) >= 11 is 0. The molecule has 0 aliphatic carbocycles. The average molecular weight is 258 g/mol.